The molecule has 0 spiro atoms. The van der Waals surface area contributed by atoms with Gasteiger partial charge in [-0.15, -0.1) is 0 Å². The van der Waals surface area contributed by atoms with Crippen LogP contribution in [-0.2, 0) is 16.1 Å². The van der Waals surface area contributed by atoms with Crippen molar-refractivity contribution in [1.82, 2.24) is 5.32 Å². The maximum Gasteiger partial charge on any atom is 0.251 e. The van der Waals surface area contributed by atoms with Crippen LogP contribution in [0.1, 0.15) is 35.2 Å². The summed E-state index contributed by atoms with van der Waals surface area (Å²) in [5, 5.41) is 2.91. The molecule has 2 rings (SSSR count). The van der Waals surface area contributed by atoms with Crippen molar-refractivity contribution in [3.8, 4) is 0 Å². The number of hydrogen-bond acceptors (Lipinski definition) is 3. The molecule has 20 heavy (non-hydrogen) atoms. The highest BCUT2D eigenvalue weighted by Gasteiger charge is 2.20. The topological polar surface area (TPSA) is 47.6 Å². The Balaban J connectivity index is 1.64. The van der Waals surface area contributed by atoms with Gasteiger partial charge in [0.05, 0.1) is 6.61 Å². The zero-order valence-electron chi connectivity index (χ0n) is 12.1. The van der Waals surface area contributed by atoms with Crippen LogP contribution in [0.5, 0.6) is 0 Å². The zero-order valence-corrected chi connectivity index (χ0v) is 12.1. The van der Waals surface area contributed by atoms with Crippen LogP contribution in [0.2, 0.25) is 0 Å². The van der Waals surface area contributed by atoms with Gasteiger partial charge in [-0.1, -0.05) is 12.1 Å². The van der Waals surface area contributed by atoms with Crippen molar-refractivity contribution in [3.05, 3.63) is 35.4 Å². The van der Waals surface area contributed by atoms with Gasteiger partial charge in [-0.3, -0.25) is 4.79 Å². The molecule has 1 N–H and O–H groups in total. The van der Waals surface area contributed by atoms with Crippen LogP contribution in [0.3, 0.4) is 0 Å². The van der Waals surface area contributed by atoms with Gasteiger partial charge in [-0.2, -0.15) is 0 Å². The summed E-state index contributed by atoms with van der Waals surface area (Å²) in [5.41, 5.74) is 1.69. The molecule has 1 amide bonds. The molecule has 1 saturated carbocycles. The van der Waals surface area contributed by atoms with Gasteiger partial charge in [-0.05, 0) is 42.9 Å². The molecule has 0 unspecified atom stereocenters. The van der Waals surface area contributed by atoms with Crippen LogP contribution in [0.25, 0.3) is 0 Å². The molecule has 0 aromatic heterocycles. The number of benzene rings is 1. The highest BCUT2D eigenvalue weighted by molar-refractivity contribution is 5.94. The molecular formula is C16H23NO3. The fourth-order valence-electron chi connectivity index (χ4n) is 1.98. The maximum atomic E-state index is 12.0. The molecule has 110 valence electrons. The minimum Gasteiger partial charge on any atom is -0.381 e. The van der Waals surface area contributed by atoms with Gasteiger partial charge in [-0.25, -0.2) is 0 Å². The Labute approximate surface area is 120 Å². The maximum absolute atomic E-state index is 12.0. The van der Waals surface area contributed by atoms with E-state index in [1.807, 2.05) is 24.3 Å². The normalized spacial score (nSPS) is 14.2. The third kappa shape index (κ3) is 5.31. The molecule has 0 heterocycles. The van der Waals surface area contributed by atoms with Gasteiger partial charge in [0.2, 0.25) is 0 Å². The van der Waals surface area contributed by atoms with Gasteiger partial charge in [0, 0.05) is 32.4 Å². The Morgan fingerprint density at radius 3 is 3.00 bits per heavy atom. The number of methoxy groups -OCH3 is 1. The molecule has 4 heteroatoms. The van der Waals surface area contributed by atoms with Crippen LogP contribution in [0, 0.1) is 5.92 Å². The highest BCUT2D eigenvalue weighted by Crippen LogP contribution is 2.28. The first-order chi connectivity index (χ1) is 9.79. The summed E-state index contributed by atoms with van der Waals surface area (Å²) in [6, 6.07) is 7.51. The first-order valence-corrected chi connectivity index (χ1v) is 7.23. The van der Waals surface area contributed by atoms with Gasteiger partial charge in [0.15, 0.2) is 0 Å². The minimum absolute atomic E-state index is 0.0369. The largest absolute Gasteiger partial charge is 0.381 e. The van der Waals surface area contributed by atoms with E-state index in [4.69, 9.17) is 9.47 Å². The van der Waals surface area contributed by atoms with Crippen molar-refractivity contribution in [2.45, 2.75) is 25.9 Å². The molecule has 0 radical (unpaired) electrons. The van der Waals surface area contributed by atoms with E-state index >= 15 is 0 Å². The second kappa shape index (κ2) is 8.02. The summed E-state index contributed by atoms with van der Waals surface area (Å²) < 4.78 is 10.6. The summed E-state index contributed by atoms with van der Waals surface area (Å²) in [6.45, 7) is 2.78. The van der Waals surface area contributed by atoms with Crippen molar-refractivity contribution in [3.63, 3.8) is 0 Å². The molecule has 0 aliphatic heterocycles. The predicted molar refractivity (Wildman–Crippen MR) is 77.6 cm³/mol. The van der Waals surface area contributed by atoms with E-state index in [2.05, 4.69) is 5.32 Å². The molecule has 1 aromatic rings. The Kier molecular flexibility index (Phi) is 6.02. The summed E-state index contributed by atoms with van der Waals surface area (Å²) in [5.74, 6) is 0.762. The average molecular weight is 277 g/mol. The molecule has 0 saturated heterocycles. The molecule has 4 nitrogen and oxygen atoms in total. The lowest BCUT2D eigenvalue weighted by Crippen LogP contribution is -2.25. The number of nitrogens with one attached hydrogen (secondary N) is 1. The third-order valence-electron chi connectivity index (χ3n) is 3.30. The van der Waals surface area contributed by atoms with E-state index in [0.29, 0.717) is 18.7 Å². The number of ether oxygens (including phenoxy) is 2. The second-order valence-corrected chi connectivity index (χ2v) is 5.26. The highest BCUT2D eigenvalue weighted by atomic mass is 16.5. The average Bonchev–Trinajstić information content (AvgIpc) is 3.27. The van der Waals surface area contributed by atoms with E-state index in [1.165, 1.54) is 12.8 Å². The summed E-state index contributed by atoms with van der Waals surface area (Å²) in [7, 11) is 1.65. The molecule has 1 aromatic carbocycles. The molecule has 0 bridgehead atoms. The number of carbonyl (C=O) groups excluding carboxylic acids is 1. The van der Waals surface area contributed by atoms with E-state index < -0.39 is 0 Å². The van der Waals surface area contributed by atoms with Crippen molar-refractivity contribution in [2.75, 3.05) is 26.9 Å². The third-order valence-corrected chi connectivity index (χ3v) is 3.30. The van der Waals surface area contributed by atoms with Crippen LogP contribution in [0.15, 0.2) is 24.3 Å². The predicted octanol–water partition coefficient (Wildman–Crippen LogP) is 2.38. The van der Waals surface area contributed by atoms with Crippen LogP contribution in [-0.4, -0.2) is 32.8 Å². The van der Waals surface area contributed by atoms with E-state index in [1.54, 1.807) is 7.11 Å². The Hall–Kier alpha value is -1.39. The summed E-state index contributed by atoms with van der Waals surface area (Å²) >= 11 is 0. The van der Waals surface area contributed by atoms with Crippen LogP contribution < -0.4 is 5.32 Å². The molecule has 0 atom stereocenters. The fourth-order valence-corrected chi connectivity index (χ4v) is 1.98. The zero-order chi connectivity index (χ0) is 14.2. The summed E-state index contributed by atoms with van der Waals surface area (Å²) in [6.07, 6.45) is 3.49. The lowest BCUT2D eigenvalue weighted by atomic mass is 10.1. The van der Waals surface area contributed by atoms with Crippen molar-refractivity contribution in [1.29, 1.82) is 0 Å². The van der Waals surface area contributed by atoms with Gasteiger partial charge < -0.3 is 14.8 Å². The first-order valence-electron chi connectivity index (χ1n) is 7.23. The number of carbonyl (C=O) groups is 1. The van der Waals surface area contributed by atoms with Crippen molar-refractivity contribution >= 4 is 5.91 Å². The van der Waals surface area contributed by atoms with E-state index in [-0.39, 0.29) is 5.91 Å². The summed E-state index contributed by atoms with van der Waals surface area (Å²) in [4.78, 5) is 12.0. The van der Waals surface area contributed by atoms with Crippen molar-refractivity contribution in [2.24, 2.45) is 5.92 Å². The fraction of sp³-hybridized carbons (Fsp3) is 0.562. The Morgan fingerprint density at radius 2 is 2.25 bits per heavy atom. The van der Waals surface area contributed by atoms with Gasteiger partial charge in [0.25, 0.3) is 5.91 Å². The number of hydrogen-bond donors (Lipinski definition) is 1. The quantitative estimate of drug-likeness (QED) is 0.705. The second-order valence-electron chi connectivity index (χ2n) is 5.26. The first kappa shape index (κ1) is 15.0. The number of amides is 1. The van der Waals surface area contributed by atoms with E-state index in [9.17, 15) is 4.79 Å². The Bertz CT molecular complexity index is 429. The van der Waals surface area contributed by atoms with Crippen LogP contribution in [0.4, 0.5) is 0 Å². The number of rotatable bonds is 9. The molecule has 1 aliphatic carbocycles. The van der Waals surface area contributed by atoms with Gasteiger partial charge >= 0.3 is 0 Å². The smallest absolute Gasteiger partial charge is 0.251 e. The molecular weight excluding hydrogens is 254 g/mol. The van der Waals surface area contributed by atoms with E-state index in [0.717, 1.165) is 31.1 Å². The minimum atomic E-state index is -0.0369. The lowest BCUT2D eigenvalue weighted by molar-refractivity contribution is 0.0937. The Morgan fingerprint density at radius 1 is 1.40 bits per heavy atom. The monoisotopic (exact) mass is 277 g/mol. The van der Waals surface area contributed by atoms with Gasteiger partial charge in [0.1, 0.15) is 0 Å². The molecule has 1 aliphatic rings. The standard InChI is InChI=1S/C16H23NO3/c1-19-11-14-4-2-5-15(10-14)16(18)17-8-3-9-20-12-13-6-7-13/h2,4-5,10,13H,3,6-9,11-12H2,1H3,(H,17,18). The lowest BCUT2D eigenvalue weighted by Gasteiger charge is -2.07. The molecule has 1 fully saturated rings. The van der Waals surface area contributed by atoms with Crippen LogP contribution >= 0.6 is 0 Å². The SMILES string of the molecule is COCc1cccc(C(=O)NCCCOCC2CC2)c1. The van der Waals surface area contributed by atoms with Crippen molar-refractivity contribution < 1.29 is 14.3 Å².